The SMILES string of the molecule is CCCCCCCCC=CCCCCCCCC(=O)OC(COC(=O)CCCCCCCC(O)C(CC(OC(C)=O)C(O)CCCCC)OC(C)=O)COC(=O)CCCCCCCC(OC(C)=O)C(O)CCCCCCCC. The fraction of sp³-hybridized carbons (Fsp3) is 0.873. The summed E-state index contributed by atoms with van der Waals surface area (Å²) < 4.78 is 33.0. The predicted molar refractivity (Wildman–Crippen MR) is 307 cm³/mol. The molecule has 0 spiro atoms. The van der Waals surface area contributed by atoms with Gasteiger partial charge in [0.1, 0.15) is 31.5 Å². The van der Waals surface area contributed by atoms with Crippen molar-refractivity contribution in [1.29, 1.82) is 0 Å². The van der Waals surface area contributed by atoms with Crippen molar-refractivity contribution in [2.45, 2.75) is 341 Å². The van der Waals surface area contributed by atoms with Gasteiger partial charge >= 0.3 is 35.8 Å². The molecule has 7 atom stereocenters. The van der Waals surface area contributed by atoms with E-state index in [0.717, 1.165) is 122 Å². The number of hydrogen-bond donors (Lipinski definition) is 3. The van der Waals surface area contributed by atoms with E-state index in [4.69, 9.17) is 28.4 Å². The van der Waals surface area contributed by atoms with E-state index in [0.29, 0.717) is 51.4 Å². The zero-order chi connectivity index (χ0) is 57.9. The van der Waals surface area contributed by atoms with Crippen molar-refractivity contribution in [3.8, 4) is 0 Å². The van der Waals surface area contributed by atoms with Gasteiger partial charge in [-0.15, -0.1) is 0 Å². The molecule has 0 aliphatic carbocycles. The monoisotopic (exact) mass is 1110 g/mol. The number of allylic oxidation sites excluding steroid dienone is 2. The molecule has 15 nitrogen and oxygen atoms in total. The van der Waals surface area contributed by atoms with E-state index in [2.05, 4.69) is 26.0 Å². The van der Waals surface area contributed by atoms with Crippen LogP contribution in [0.2, 0.25) is 0 Å². The van der Waals surface area contributed by atoms with E-state index in [-0.39, 0.29) is 44.9 Å². The number of carbonyl (C=O) groups excluding carboxylic acids is 6. The van der Waals surface area contributed by atoms with Gasteiger partial charge in [0.05, 0.1) is 18.3 Å². The quantitative estimate of drug-likeness (QED) is 0.0223. The largest absolute Gasteiger partial charge is 0.462 e. The highest BCUT2D eigenvalue weighted by atomic mass is 16.6. The first kappa shape index (κ1) is 74.4. The van der Waals surface area contributed by atoms with Crippen molar-refractivity contribution in [3.63, 3.8) is 0 Å². The van der Waals surface area contributed by atoms with Gasteiger partial charge in [0.15, 0.2) is 6.10 Å². The third-order valence-corrected chi connectivity index (χ3v) is 14.2. The summed E-state index contributed by atoms with van der Waals surface area (Å²) in [5.74, 6) is -2.84. The minimum atomic E-state index is -1.02. The molecule has 7 unspecified atom stereocenters. The van der Waals surface area contributed by atoms with Gasteiger partial charge in [0, 0.05) is 46.5 Å². The standard InChI is InChI=1S/C63H114O15/c1-7-10-13-15-17-18-19-20-21-22-23-24-25-31-40-47-63(72)78-54(50-74-62(71)46-39-33-27-30-37-44-58(75-51(4)64)55(67)42-35-28-16-14-11-8-2)49-73-61(70)45-38-32-26-29-36-43-57(69)60(77-53(6)66)48-59(76-52(5)65)56(68)41-34-12-9-3/h20-21,54-60,67-69H,7-19,22-50H2,1-6H3. The van der Waals surface area contributed by atoms with Crippen LogP contribution in [0.1, 0.15) is 298 Å². The minimum Gasteiger partial charge on any atom is -0.462 e. The minimum absolute atomic E-state index is 0.0208. The Bertz CT molecular complexity index is 1520. The maximum Gasteiger partial charge on any atom is 0.306 e. The van der Waals surface area contributed by atoms with Crippen molar-refractivity contribution in [2.75, 3.05) is 13.2 Å². The van der Waals surface area contributed by atoms with E-state index in [1.165, 1.54) is 78.6 Å². The Morgan fingerprint density at radius 2 is 0.641 bits per heavy atom. The summed E-state index contributed by atoms with van der Waals surface area (Å²) in [6.07, 6.45) is 32.7. The lowest BCUT2D eigenvalue weighted by molar-refractivity contribution is -0.167. The third kappa shape index (κ3) is 47.3. The fourth-order valence-corrected chi connectivity index (χ4v) is 9.58. The van der Waals surface area contributed by atoms with Crippen LogP contribution in [0.4, 0.5) is 0 Å². The Kier molecular flexibility index (Phi) is 50.4. The Labute approximate surface area is 473 Å². The van der Waals surface area contributed by atoms with Crippen LogP contribution in [0.15, 0.2) is 12.2 Å². The Morgan fingerprint density at radius 1 is 0.346 bits per heavy atom. The van der Waals surface area contributed by atoms with Gasteiger partial charge in [-0.1, -0.05) is 187 Å². The summed E-state index contributed by atoms with van der Waals surface area (Å²) in [6.45, 7) is 9.88. The molecule has 0 aliphatic rings. The van der Waals surface area contributed by atoms with Crippen LogP contribution >= 0.6 is 0 Å². The molecule has 15 heteroatoms. The van der Waals surface area contributed by atoms with E-state index >= 15 is 0 Å². The Balaban J connectivity index is 5.01. The molecule has 0 fully saturated rings. The molecule has 0 heterocycles. The lowest BCUT2D eigenvalue weighted by Crippen LogP contribution is -2.40. The second-order valence-electron chi connectivity index (χ2n) is 21.9. The summed E-state index contributed by atoms with van der Waals surface area (Å²) >= 11 is 0. The van der Waals surface area contributed by atoms with E-state index in [1.807, 2.05) is 6.92 Å². The van der Waals surface area contributed by atoms with Crippen molar-refractivity contribution in [1.82, 2.24) is 0 Å². The van der Waals surface area contributed by atoms with Crippen LogP contribution in [-0.2, 0) is 57.2 Å². The lowest BCUT2D eigenvalue weighted by atomic mass is 9.96. The second-order valence-corrected chi connectivity index (χ2v) is 21.9. The van der Waals surface area contributed by atoms with Gasteiger partial charge in [-0.3, -0.25) is 28.8 Å². The first-order valence-electron chi connectivity index (χ1n) is 31.3. The predicted octanol–water partition coefficient (Wildman–Crippen LogP) is 14.1. The summed E-state index contributed by atoms with van der Waals surface area (Å²) in [5, 5.41) is 32.5. The van der Waals surface area contributed by atoms with Crippen LogP contribution in [0.3, 0.4) is 0 Å². The third-order valence-electron chi connectivity index (χ3n) is 14.2. The number of hydrogen-bond acceptors (Lipinski definition) is 15. The number of unbranched alkanes of at least 4 members (excludes halogenated alkanes) is 26. The van der Waals surface area contributed by atoms with Crippen LogP contribution in [0.25, 0.3) is 0 Å². The highest BCUT2D eigenvalue weighted by Gasteiger charge is 2.31. The summed E-state index contributed by atoms with van der Waals surface area (Å²) in [4.78, 5) is 74.1. The number of carbonyl (C=O) groups is 6. The molecule has 0 aromatic carbocycles. The van der Waals surface area contributed by atoms with Crippen LogP contribution in [0.5, 0.6) is 0 Å². The molecule has 0 radical (unpaired) electrons. The molecule has 0 aromatic rings. The molecule has 3 N–H and O–H groups in total. The summed E-state index contributed by atoms with van der Waals surface area (Å²) in [7, 11) is 0. The fourth-order valence-electron chi connectivity index (χ4n) is 9.58. The zero-order valence-electron chi connectivity index (χ0n) is 50.1. The summed E-state index contributed by atoms with van der Waals surface area (Å²) in [5.41, 5.74) is 0. The topological polar surface area (TPSA) is 218 Å². The van der Waals surface area contributed by atoms with Gasteiger partial charge in [-0.2, -0.15) is 0 Å². The summed E-state index contributed by atoms with van der Waals surface area (Å²) in [6, 6.07) is 0. The Morgan fingerprint density at radius 3 is 1.04 bits per heavy atom. The van der Waals surface area contributed by atoms with Gasteiger partial charge in [-0.25, -0.2) is 0 Å². The molecular weight excluding hydrogens is 997 g/mol. The molecule has 0 saturated carbocycles. The van der Waals surface area contributed by atoms with E-state index in [1.54, 1.807) is 0 Å². The first-order chi connectivity index (χ1) is 37.6. The molecule has 456 valence electrons. The molecule has 0 aliphatic heterocycles. The number of aliphatic hydroxyl groups excluding tert-OH is 3. The Hall–Kier alpha value is -3.56. The molecule has 0 rings (SSSR count). The number of ether oxygens (including phenoxy) is 6. The van der Waals surface area contributed by atoms with Gasteiger partial charge in [0.2, 0.25) is 0 Å². The maximum atomic E-state index is 13.0. The molecule has 0 saturated heterocycles. The lowest BCUT2D eigenvalue weighted by Gasteiger charge is -2.29. The van der Waals surface area contributed by atoms with Gasteiger partial charge < -0.3 is 43.7 Å². The molecular formula is C63H114O15. The smallest absolute Gasteiger partial charge is 0.306 e. The van der Waals surface area contributed by atoms with Crippen LogP contribution in [-0.4, -0.2) is 107 Å². The number of aliphatic hydroxyl groups is 3. The normalized spacial score (nSPS) is 14.2. The average molecular weight is 1110 g/mol. The van der Waals surface area contributed by atoms with E-state index in [9.17, 15) is 44.1 Å². The first-order valence-corrected chi connectivity index (χ1v) is 31.3. The van der Waals surface area contributed by atoms with Crippen molar-refractivity contribution in [3.05, 3.63) is 12.2 Å². The maximum absolute atomic E-state index is 13.0. The molecule has 78 heavy (non-hydrogen) atoms. The highest BCUT2D eigenvalue weighted by Crippen LogP contribution is 2.23. The molecule has 0 amide bonds. The molecule has 0 aromatic heterocycles. The van der Waals surface area contributed by atoms with Crippen LogP contribution < -0.4 is 0 Å². The zero-order valence-corrected chi connectivity index (χ0v) is 50.1. The van der Waals surface area contributed by atoms with Crippen molar-refractivity contribution >= 4 is 35.8 Å². The average Bonchev–Trinajstić information content (AvgIpc) is 3.39. The van der Waals surface area contributed by atoms with Crippen molar-refractivity contribution < 1.29 is 72.5 Å². The van der Waals surface area contributed by atoms with Gasteiger partial charge in [-0.05, 0) is 77.0 Å². The van der Waals surface area contributed by atoms with E-state index < -0.39 is 72.6 Å². The second kappa shape index (κ2) is 52.8. The number of rotatable bonds is 55. The molecule has 0 bridgehead atoms. The highest BCUT2D eigenvalue weighted by molar-refractivity contribution is 5.71. The number of esters is 6. The van der Waals surface area contributed by atoms with Gasteiger partial charge in [0.25, 0.3) is 0 Å². The van der Waals surface area contributed by atoms with Crippen LogP contribution in [0, 0.1) is 0 Å². The van der Waals surface area contributed by atoms with Crippen molar-refractivity contribution in [2.24, 2.45) is 0 Å².